The van der Waals surface area contributed by atoms with Gasteiger partial charge in [-0.05, 0) is 49.8 Å². The first kappa shape index (κ1) is 12.4. The van der Waals surface area contributed by atoms with Crippen LogP contribution in [-0.2, 0) is 0 Å². The van der Waals surface area contributed by atoms with Gasteiger partial charge in [-0.3, -0.25) is 4.98 Å². The highest BCUT2D eigenvalue weighted by molar-refractivity contribution is 5.85. The molecule has 20 heavy (non-hydrogen) atoms. The number of nitrogens with zero attached hydrogens (tertiary/aromatic N) is 2. The Balaban J connectivity index is 2.22. The van der Waals surface area contributed by atoms with E-state index in [0.717, 1.165) is 22.4 Å². The number of hydrogen-bond acceptors (Lipinski definition) is 3. The number of nitriles is 1. The van der Waals surface area contributed by atoms with E-state index in [-0.39, 0.29) is 5.60 Å². The monoisotopic (exact) mass is 262 g/mol. The van der Waals surface area contributed by atoms with Crippen LogP contribution in [0.5, 0.6) is 5.75 Å². The van der Waals surface area contributed by atoms with Gasteiger partial charge in [0.25, 0.3) is 0 Å². The van der Waals surface area contributed by atoms with Gasteiger partial charge in [-0.1, -0.05) is 6.07 Å². The summed E-state index contributed by atoms with van der Waals surface area (Å²) < 4.78 is 5.96. The van der Waals surface area contributed by atoms with Crippen LogP contribution >= 0.6 is 0 Å². The number of rotatable bonds is 1. The molecule has 3 nitrogen and oxygen atoms in total. The van der Waals surface area contributed by atoms with Crippen LogP contribution in [0.15, 0.2) is 48.8 Å². The highest BCUT2D eigenvalue weighted by atomic mass is 16.5. The van der Waals surface area contributed by atoms with Gasteiger partial charge in [0.15, 0.2) is 0 Å². The Hall–Kier alpha value is -2.60. The summed E-state index contributed by atoms with van der Waals surface area (Å²) in [7, 11) is 0. The van der Waals surface area contributed by atoms with Gasteiger partial charge < -0.3 is 4.74 Å². The molecule has 0 aliphatic carbocycles. The molecule has 1 aromatic heterocycles. The van der Waals surface area contributed by atoms with Crippen molar-refractivity contribution < 1.29 is 4.74 Å². The van der Waals surface area contributed by atoms with E-state index in [9.17, 15) is 0 Å². The zero-order valence-electron chi connectivity index (χ0n) is 11.4. The van der Waals surface area contributed by atoms with Gasteiger partial charge in [0.2, 0.25) is 0 Å². The molecule has 0 N–H and O–H groups in total. The molecule has 3 rings (SSSR count). The smallest absolute Gasteiger partial charge is 0.128 e. The summed E-state index contributed by atoms with van der Waals surface area (Å²) in [5.41, 5.74) is 3.27. The molecule has 98 valence electrons. The van der Waals surface area contributed by atoms with E-state index >= 15 is 0 Å². The fraction of sp³-hybridized carbons (Fsp3) is 0.176. The van der Waals surface area contributed by atoms with Crippen molar-refractivity contribution in [1.82, 2.24) is 4.98 Å². The second-order valence-electron chi connectivity index (χ2n) is 5.33. The van der Waals surface area contributed by atoms with Crippen LogP contribution in [0.4, 0.5) is 0 Å². The minimum Gasteiger partial charge on any atom is -0.483 e. The topological polar surface area (TPSA) is 45.9 Å². The lowest BCUT2D eigenvalue weighted by atomic mass is 9.90. The minimum atomic E-state index is -0.383. The first-order chi connectivity index (χ1) is 9.59. The van der Waals surface area contributed by atoms with Gasteiger partial charge in [-0.15, -0.1) is 0 Å². The standard InChI is InChI=1S/C17H14N2O/c1-17(2)9-15(13-4-3-7-19-11-13)14-8-12(10-18)5-6-16(14)20-17/h3-9,11H,1-2H3. The predicted octanol–water partition coefficient (Wildman–Crippen LogP) is 3.56. The van der Waals surface area contributed by atoms with Crippen molar-refractivity contribution in [3.63, 3.8) is 0 Å². The van der Waals surface area contributed by atoms with Crippen LogP contribution in [0, 0.1) is 11.3 Å². The third kappa shape index (κ3) is 2.17. The van der Waals surface area contributed by atoms with Gasteiger partial charge >= 0.3 is 0 Å². The van der Waals surface area contributed by atoms with Crippen molar-refractivity contribution in [1.29, 1.82) is 5.26 Å². The van der Waals surface area contributed by atoms with Crippen LogP contribution in [0.1, 0.15) is 30.5 Å². The Morgan fingerprint density at radius 1 is 1.25 bits per heavy atom. The van der Waals surface area contributed by atoms with Crippen molar-refractivity contribution in [2.75, 3.05) is 0 Å². The second kappa shape index (κ2) is 4.50. The second-order valence-corrected chi connectivity index (χ2v) is 5.33. The molecule has 2 heterocycles. The molecule has 1 aliphatic heterocycles. The van der Waals surface area contributed by atoms with Crippen LogP contribution in [0.25, 0.3) is 5.57 Å². The molecule has 0 atom stereocenters. The van der Waals surface area contributed by atoms with Crippen LogP contribution in [0.2, 0.25) is 0 Å². The van der Waals surface area contributed by atoms with E-state index in [4.69, 9.17) is 10.00 Å². The summed E-state index contributed by atoms with van der Waals surface area (Å²) in [6, 6.07) is 11.6. The molecule has 0 bridgehead atoms. The molecular formula is C17H14N2O. The average molecular weight is 262 g/mol. The number of ether oxygens (including phenoxy) is 1. The molecule has 0 spiro atoms. The van der Waals surface area contributed by atoms with Gasteiger partial charge in [0.1, 0.15) is 11.4 Å². The number of benzene rings is 1. The van der Waals surface area contributed by atoms with Crippen molar-refractivity contribution >= 4 is 5.57 Å². The van der Waals surface area contributed by atoms with E-state index in [0.29, 0.717) is 5.56 Å². The summed E-state index contributed by atoms with van der Waals surface area (Å²) in [6.45, 7) is 4.04. The van der Waals surface area contributed by atoms with E-state index in [1.165, 1.54) is 0 Å². The molecule has 0 unspecified atom stereocenters. The Kier molecular flexibility index (Phi) is 2.80. The maximum absolute atomic E-state index is 9.08. The van der Waals surface area contributed by atoms with Gasteiger partial charge in [0, 0.05) is 23.5 Å². The Bertz CT molecular complexity index is 724. The summed E-state index contributed by atoms with van der Waals surface area (Å²) in [4.78, 5) is 4.18. The van der Waals surface area contributed by atoms with Crippen LogP contribution < -0.4 is 4.74 Å². The normalized spacial score (nSPS) is 15.6. The summed E-state index contributed by atoms with van der Waals surface area (Å²) in [5.74, 6) is 0.801. The molecule has 0 saturated carbocycles. The molecule has 0 amide bonds. The Morgan fingerprint density at radius 3 is 2.80 bits per heavy atom. The SMILES string of the molecule is CC1(C)C=C(c2cccnc2)c2cc(C#N)ccc2O1. The van der Waals surface area contributed by atoms with E-state index in [1.807, 2.05) is 44.3 Å². The lowest BCUT2D eigenvalue weighted by Crippen LogP contribution is -2.29. The summed E-state index contributed by atoms with van der Waals surface area (Å²) in [5, 5.41) is 9.08. The molecule has 0 fully saturated rings. The predicted molar refractivity (Wildman–Crippen MR) is 77.2 cm³/mol. The van der Waals surface area contributed by atoms with Gasteiger partial charge in [-0.2, -0.15) is 5.26 Å². The van der Waals surface area contributed by atoms with E-state index in [1.54, 1.807) is 12.3 Å². The fourth-order valence-corrected chi connectivity index (χ4v) is 2.40. The minimum absolute atomic E-state index is 0.383. The highest BCUT2D eigenvalue weighted by Crippen LogP contribution is 2.39. The summed E-state index contributed by atoms with van der Waals surface area (Å²) >= 11 is 0. The largest absolute Gasteiger partial charge is 0.483 e. The zero-order chi connectivity index (χ0) is 14.2. The van der Waals surface area contributed by atoms with Crippen molar-refractivity contribution in [3.05, 3.63) is 65.5 Å². The van der Waals surface area contributed by atoms with Gasteiger partial charge in [-0.25, -0.2) is 0 Å². The van der Waals surface area contributed by atoms with E-state index in [2.05, 4.69) is 17.1 Å². The van der Waals surface area contributed by atoms with E-state index < -0.39 is 0 Å². The number of fused-ring (bicyclic) bond motifs is 1. The average Bonchev–Trinajstić information content (AvgIpc) is 2.46. The van der Waals surface area contributed by atoms with Crippen LogP contribution in [-0.4, -0.2) is 10.6 Å². The number of pyridine rings is 1. The first-order valence-electron chi connectivity index (χ1n) is 6.46. The summed E-state index contributed by atoms with van der Waals surface area (Å²) in [6.07, 6.45) is 5.66. The van der Waals surface area contributed by atoms with Crippen molar-refractivity contribution in [2.24, 2.45) is 0 Å². The molecule has 1 aromatic carbocycles. The van der Waals surface area contributed by atoms with Crippen LogP contribution in [0.3, 0.4) is 0 Å². The molecule has 0 saturated heterocycles. The quantitative estimate of drug-likeness (QED) is 0.789. The number of aromatic nitrogens is 1. The Morgan fingerprint density at radius 2 is 2.10 bits per heavy atom. The van der Waals surface area contributed by atoms with Gasteiger partial charge in [0.05, 0.1) is 11.6 Å². The molecule has 3 heteroatoms. The molecule has 2 aromatic rings. The first-order valence-corrected chi connectivity index (χ1v) is 6.46. The highest BCUT2D eigenvalue weighted by Gasteiger charge is 2.27. The lowest BCUT2D eigenvalue weighted by Gasteiger charge is -2.31. The van der Waals surface area contributed by atoms with Crippen molar-refractivity contribution in [3.8, 4) is 11.8 Å². The fourth-order valence-electron chi connectivity index (χ4n) is 2.40. The van der Waals surface area contributed by atoms with Crippen molar-refractivity contribution in [2.45, 2.75) is 19.4 Å². The molecular weight excluding hydrogens is 248 g/mol. The zero-order valence-corrected chi connectivity index (χ0v) is 11.4. The number of hydrogen-bond donors (Lipinski definition) is 0. The maximum atomic E-state index is 9.08. The third-order valence-corrected chi connectivity index (χ3v) is 3.24. The molecule has 1 aliphatic rings. The lowest BCUT2D eigenvalue weighted by molar-refractivity contribution is 0.158. The Labute approximate surface area is 118 Å². The molecule has 0 radical (unpaired) electrons. The maximum Gasteiger partial charge on any atom is 0.128 e. The third-order valence-electron chi connectivity index (χ3n) is 3.24.